The van der Waals surface area contributed by atoms with Gasteiger partial charge in [0.05, 0.1) is 5.57 Å². The van der Waals surface area contributed by atoms with Crippen molar-refractivity contribution in [3.8, 4) is 0 Å². The zero-order chi connectivity index (χ0) is 12.8. The summed E-state index contributed by atoms with van der Waals surface area (Å²) in [6, 6.07) is 7.66. The van der Waals surface area contributed by atoms with Gasteiger partial charge in [-0.2, -0.15) is 5.26 Å². The van der Waals surface area contributed by atoms with Crippen LogP contribution < -0.4 is 10.4 Å². The summed E-state index contributed by atoms with van der Waals surface area (Å²) < 4.78 is 0. The Labute approximate surface area is 104 Å². The largest absolute Gasteiger partial charge is 0.370 e. The highest BCUT2D eigenvalue weighted by atomic mass is 17.1. The Morgan fingerprint density at radius 2 is 1.94 bits per heavy atom. The zero-order valence-electron chi connectivity index (χ0n) is 9.88. The first-order valence-electron chi connectivity index (χ1n) is 5.75. The van der Waals surface area contributed by atoms with Crippen molar-refractivity contribution in [2.24, 2.45) is 5.41 Å². The van der Waals surface area contributed by atoms with Crippen LogP contribution in [0.5, 0.6) is 0 Å². The van der Waals surface area contributed by atoms with Crippen LogP contribution in [0.1, 0.15) is 6.92 Å². The molecule has 0 bridgehead atoms. The van der Waals surface area contributed by atoms with Crippen LogP contribution in [0.25, 0.3) is 11.1 Å². The predicted molar refractivity (Wildman–Crippen MR) is 67.6 cm³/mol. The van der Waals surface area contributed by atoms with E-state index in [1.165, 1.54) is 0 Å². The first-order chi connectivity index (χ1) is 8.68. The number of benzene rings is 1. The molecule has 3 nitrogen and oxygen atoms in total. The number of allylic oxidation sites excluding steroid dienone is 4. The summed E-state index contributed by atoms with van der Waals surface area (Å²) in [5, 5.41) is 10.5. The maximum atomic E-state index is 11.9. The molecule has 0 saturated heterocycles. The fourth-order valence-electron chi connectivity index (χ4n) is 2.83. The maximum absolute atomic E-state index is 11.9. The third kappa shape index (κ3) is 1.25. The molecule has 0 aliphatic heterocycles. The highest BCUT2D eigenvalue weighted by Gasteiger charge is 2.40. The molecule has 0 saturated carbocycles. The molecule has 1 aromatic carbocycles. The number of rotatable bonds is 1. The molecule has 0 radical (unpaired) electrons. The summed E-state index contributed by atoms with van der Waals surface area (Å²) in [6.45, 7) is 1.95. The highest BCUT2D eigenvalue weighted by molar-refractivity contribution is 6.16. The van der Waals surface area contributed by atoms with E-state index < -0.39 is 11.4 Å². The SMILES string of the molecule is CC12C=CC=CC1=c1ccccc1=C2C(=O)OO. The topological polar surface area (TPSA) is 46.5 Å². The van der Waals surface area contributed by atoms with E-state index in [0.29, 0.717) is 5.57 Å². The van der Waals surface area contributed by atoms with Crippen LogP contribution in [0, 0.1) is 5.41 Å². The van der Waals surface area contributed by atoms with Crippen molar-refractivity contribution in [2.45, 2.75) is 6.92 Å². The monoisotopic (exact) mass is 240 g/mol. The third-order valence-corrected chi connectivity index (χ3v) is 3.66. The van der Waals surface area contributed by atoms with Crippen molar-refractivity contribution in [1.29, 1.82) is 0 Å². The molecule has 3 rings (SSSR count). The molecule has 18 heavy (non-hydrogen) atoms. The summed E-state index contributed by atoms with van der Waals surface area (Å²) in [6.07, 6.45) is 7.80. The van der Waals surface area contributed by atoms with Gasteiger partial charge in [-0.3, -0.25) is 4.89 Å². The number of carbonyl (C=O) groups is 1. The Morgan fingerprint density at radius 1 is 1.22 bits per heavy atom. The molecular formula is C15H12O3. The van der Waals surface area contributed by atoms with Crippen LogP contribution in [-0.4, -0.2) is 11.2 Å². The van der Waals surface area contributed by atoms with Crippen LogP contribution in [0.3, 0.4) is 0 Å². The van der Waals surface area contributed by atoms with Crippen LogP contribution in [0.4, 0.5) is 0 Å². The van der Waals surface area contributed by atoms with Crippen molar-refractivity contribution in [3.63, 3.8) is 0 Å². The van der Waals surface area contributed by atoms with Gasteiger partial charge in [-0.25, -0.2) is 4.79 Å². The minimum atomic E-state index is -0.695. The predicted octanol–water partition coefficient (Wildman–Crippen LogP) is 1.15. The number of hydrogen-bond acceptors (Lipinski definition) is 3. The van der Waals surface area contributed by atoms with Crippen LogP contribution >= 0.6 is 0 Å². The molecule has 1 atom stereocenters. The summed E-state index contributed by atoms with van der Waals surface area (Å²) in [5.74, 6) is -0.695. The van der Waals surface area contributed by atoms with E-state index in [0.717, 1.165) is 16.0 Å². The van der Waals surface area contributed by atoms with E-state index >= 15 is 0 Å². The average molecular weight is 240 g/mol. The molecule has 0 amide bonds. The second-order valence-corrected chi connectivity index (χ2v) is 4.63. The lowest BCUT2D eigenvalue weighted by Gasteiger charge is -2.27. The zero-order valence-corrected chi connectivity index (χ0v) is 9.88. The van der Waals surface area contributed by atoms with Gasteiger partial charge in [0.25, 0.3) is 0 Å². The van der Waals surface area contributed by atoms with Crippen molar-refractivity contribution >= 4 is 17.1 Å². The molecular weight excluding hydrogens is 228 g/mol. The van der Waals surface area contributed by atoms with Gasteiger partial charge in [0, 0.05) is 5.41 Å². The van der Waals surface area contributed by atoms with E-state index in [2.05, 4.69) is 4.89 Å². The number of carbonyl (C=O) groups excluding carboxylic acids is 1. The van der Waals surface area contributed by atoms with E-state index in [9.17, 15) is 4.79 Å². The van der Waals surface area contributed by atoms with Gasteiger partial charge in [-0.05, 0) is 22.9 Å². The van der Waals surface area contributed by atoms with E-state index in [-0.39, 0.29) is 0 Å². The molecule has 0 spiro atoms. The Hall–Kier alpha value is -2.13. The smallest absolute Gasteiger partial charge is 0.296 e. The van der Waals surface area contributed by atoms with Gasteiger partial charge in [-0.15, -0.1) is 0 Å². The fraction of sp³-hybridized carbons (Fsp3) is 0.133. The van der Waals surface area contributed by atoms with Gasteiger partial charge < -0.3 is 0 Å². The molecule has 0 heterocycles. The normalized spacial score (nSPS) is 23.9. The Morgan fingerprint density at radius 3 is 2.67 bits per heavy atom. The van der Waals surface area contributed by atoms with Crippen molar-refractivity contribution in [2.75, 3.05) is 0 Å². The Bertz CT molecular complexity index is 709. The lowest BCUT2D eigenvalue weighted by molar-refractivity contribution is -0.227. The van der Waals surface area contributed by atoms with Gasteiger partial charge in [0.2, 0.25) is 0 Å². The van der Waals surface area contributed by atoms with Crippen molar-refractivity contribution in [1.82, 2.24) is 0 Å². The molecule has 2 aliphatic carbocycles. The molecule has 90 valence electrons. The number of fused-ring (bicyclic) bond motifs is 2. The minimum absolute atomic E-state index is 0.483. The molecule has 1 aromatic rings. The highest BCUT2D eigenvalue weighted by Crippen LogP contribution is 2.42. The lowest BCUT2D eigenvalue weighted by atomic mass is 9.75. The molecule has 3 heteroatoms. The number of hydrogen-bond donors (Lipinski definition) is 1. The molecule has 0 aromatic heterocycles. The van der Waals surface area contributed by atoms with Gasteiger partial charge in [0.1, 0.15) is 0 Å². The summed E-state index contributed by atoms with van der Waals surface area (Å²) >= 11 is 0. The summed E-state index contributed by atoms with van der Waals surface area (Å²) in [4.78, 5) is 15.8. The third-order valence-electron chi connectivity index (χ3n) is 3.66. The maximum Gasteiger partial charge on any atom is 0.370 e. The van der Waals surface area contributed by atoms with Crippen LogP contribution in [-0.2, 0) is 9.68 Å². The quantitative estimate of drug-likeness (QED) is 0.591. The minimum Gasteiger partial charge on any atom is -0.296 e. The van der Waals surface area contributed by atoms with E-state index in [1.54, 1.807) is 0 Å². The van der Waals surface area contributed by atoms with E-state index in [4.69, 9.17) is 5.26 Å². The van der Waals surface area contributed by atoms with E-state index in [1.807, 2.05) is 55.5 Å². The average Bonchev–Trinajstić information content (AvgIpc) is 2.66. The lowest BCUT2D eigenvalue weighted by Crippen LogP contribution is -2.27. The second-order valence-electron chi connectivity index (χ2n) is 4.63. The standard InChI is InChI=1S/C15H12O3/c1-15-9-5-4-8-12(15)10-6-2-3-7-11(10)13(15)14(16)18-17/h2-9,17H,1H3. The van der Waals surface area contributed by atoms with Gasteiger partial charge >= 0.3 is 5.97 Å². The molecule has 1 N–H and O–H groups in total. The fourth-order valence-corrected chi connectivity index (χ4v) is 2.83. The molecule has 0 fully saturated rings. The van der Waals surface area contributed by atoms with Crippen molar-refractivity contribution in [3.05, 3.63) is 59.0 Å². The second kappa shape index (κ2) is 3.68. The van der Waals surface area contributed by atoms with Gasteiger partial charge in [0.15, 0.2) is 0 Å². The van der Waals surface area contributed by atoms with Crippen molar-refractivity contribution < 1.29 is 14.9 Å². The Balaban J connectivity index is 2.47. The van der Waals surface area contributed by atoms with Crippen LogP contribution in [0.15, 0.2) is 48.6 Å². The summed E-state index contributed by atoms with van der Waals surface area (Å²) in [5.41, 5.74) is 1.01. The van der Waals surface area contributed by atoms with Crippen LogP contribution in [0.2, 0.25) is 0 Å². The Kier molecular flexibility index (Phi) is 2.25. The van der Waals surface area contributed by atoms with Gasteiger partial charge in [-0.1, -0.05) is 48.6 Å². The molecule has 1 unspecified atom stereocenters. The first-order valence-corrected chi connectivity index (χ1v) is 5.75. The summed E-state index contributed by atoms with van der Waals surface area (Å²) in [7, 11) is 0. The first kappa shape index (κ1) is 11.0. The molecule has 2 aliphatic rings.